The van der Waals surface area contributed by atoms with Crippen LogP contribution in [0.5, 0.6) is 0 Å². The van der Waals surface area contributed by atoms with Crippen molar-refractivity contribution < 1.29 is 9.47 Å². The number of unbranched alkanes of at least 4 members (excludes halogenated alkanes) is 6. The Morgan fingerprint density at radius 2 is 1.22 bits per heavy atom. The molecule has 23 heavy (non-hydrogen) atoms. The summed E-state index contributed by atoms with van der Waals surface area (Å²) in [4.78, 5) is 0. The molecule has 0 saturated carbocycles. The van der Waals surface area contributed by atoms with Crippen LogP contribution in [-0.2, 0) is 9.47 Å². The topological polar surface area (TPSA) is 18.5 Å². The summed E-state index contributed by atoms with van der Waals surface area (Å²) in [5, 5.41) is 0. The van der Waals surface area contributed by atoms with Gasteiger partial charge in [0.15, 0.2) is 6.29 Å². The highest BCUT2D eigenvalue weighted by molar-refractivity contribution is 4.98. The fraction of sp³-hybridized carbons (Fsp3) is 0.905. The molecule has 0 fully saturated rings. The van der Waals surface area contributed by atoms with E-state index in [1.807, 2.05) is 13.8 Å². The van der Waals surface area contributed by atoms with Crippen LogP contribution in [0.25, 0.3) is 0 Å². The average Bonchev–Trinajstić information content (AvgIpc) is 2.55. The first-order valence-electron chi connectivity index (χ1n) is 9.93. The molecule has 0 radical (unpaired) electrons. The van der Waals surface area contributed by atoms with E-state index < -0.39 is 0 Å². The Hall–Kier alpha value is -0.520. The molecule has 0 unspecified atom stereocenters. The predicted octanol–water partition coefficient (Wildman–Crippen LogP) is 6.34. The Kier molecular flexibility index (Phi) is 17.4. The lowest BCUT2D eigenvalue weighted by Crippen LogP contribution is -2.17. The molecule has 0 rings (SSSR count). The van der Waals surface area contributed by atoms with Crippen molar-refractivity contribution in [3.05, 3.63) is 0 Å². The van der Waals surface area contributed by atoms with Gasteiger partial charge in [-0.3, -0.25) is 0 Å². The summed E-state index contributed by atoms with van der Waals surface area (Å²) in [6.07, 6.45) is 13.4. The zero-order valence-corrected chi connectivity index (χ0v) is 16.2. The molecule has 0 heterocycles. The molecule has 0 saturated heterocycles. The van der Waals surface area contributed by atoms with Gasteiger partial charge in [-0.25, -0.2) is 0 Å². The second kappa shape index (κ2) is 17.8. The summed E-state index contributed by atoms with van der Waals surface area (Å²) in [7, 11) is 0. The Labute approximate surface area is 145 Å². The molecule has 2 nitrogen and oxygen atoms in total. The van der Waals surface area contributed by atoms with Crippen LogP contribution in [0.2, 0.25) is 0 Å². The maximum Gasteiger partial charge on any atom is 0.157 e. The lowest BCUT2D eigenvalue weighted by atomic mass is 10.0. The Morgan fingerprint density at radius 1 is 0.696 bits per heavy atom. The van der Waals surface area contributed by atoms with E-state index >= 15 is 0 Å². The van der Waals surface area contributed by atoms with E-state index in [-0.39, 0.29) is 6.29 Å². The Balaban J connectivity index is 3.37. The van der Waals surface area contributed by atoms with Gasteiger partial charge in [-0.1, -0.05) is 46.0 Å². The van der Waals surface area contributed by atoms with E-state index in [1.54, 1.807) is 0 Å². The molecule has 2 heteroatoms. The predicted molar refractivity (Wildman–Crippen MR) is 100 cm³/mol. The molecular formula is C21H40O2. The van der Waals surface area contributed by atoms with Gasteiger partial charge in [-0.05, 0) is 45.4 Å². The smallest absolute Gasteiger partial charge is 0.157 e. The van der Waals surface area contributed by atoms with Gasteiger partial charge >= 0.3 is 0 Å². The van der Waals surface area contributed by atoms with Crippen molar-refractivity contribution in [2.24, 2.45) is 5.92 Å². The molecule has 0 amide bonds. The first-order valence-corrected chi connectivity index (χ1v) is 9.93. The first kappa shape index (κ1) is 22.5. The molecule has 0 aliphatic rings. The summed E-state index contributed by atoms with van der Waals surface area (Å²) in [6.45, 7) is 10.1. The van der Waals surface area contributed by atoms with Gasteiger partial charge in [-0.2, -0.15) is 0 Å². The highest BCUT2D eigenvalue weighted by Gasteiger charge is 2.06. The molecule has 136 valence electrons. The second-order valence-corrected chi connectivity index (χ2v) is 6.41. The maximum absolute atomic E-state index is 5.55. The van der Waals surface area contributed by atoms with Crippen molar-refractivity contribution in [2.45, 2.75) is 105 Å². The second-order valence-electron chi connectivity index (χ2n) is 6.41. The van der Waals surface area contributed by atoms with Crippen LogP contribution in [0.15, 0.2) is 0 Å². The lowest BCUT2D eigenvalue weighted by Gasteiger charge is -2.16. The van der Waals surface area contributed by atoms with Gasteiger partial charge in [0.2, 0.25) is 0 Å². The van der Waals surface area contributed by atoms with Crippen molar-refractivity contribution >= 4 is 0 Å². The highest BCUT2D eigenvalue weighted by atomic mass is 16.7. The summed E-state index contributed by atoms with van der Waals surface area (Å²) in [5.41, 5.74) is 0. The van der Waals surface area contributed by atoms with Crippen LogP contribution in [0.3, 0.4) is 0 Å². The third kappa shape index (κ3) is 16.1. The minimum Gasteiger partial charge on any atom is -0.353 e. The largest absolute Gasteiger partial charge is 0.353 e. The van der Waals surface area contributed by atoms with E-state index in [0.717, 1.165) is 38.4 Å². The van der Waals surface area contributed by atoms with Crippen molar-refractivity contribution in [3.63, 3.8) is 0 Å². The van der Waals surface area contributed by atoms with Gasteiger partial charge < -0.3 is 9.47 Å². The van der Waals surface area contributed by atoms with Crippen LogP contribution in [0.4, 0.5) is 0 Å². The molecule has 0 spiro atoms. The molecule has 0 bridgehead atoms. The molecule has 0 aromatic rings. The SMILES string of the molecule is CCOC(CCCCCCC#CCCCC[C@H](C)CC)OCC. The lowest BCUT2D eigenvalue weighted by molar-refractivity contribution is -0.140. The van der Waals surface area contributed by atoms with Gasteiger partial charge in [-0.15, -0.1) is 11.8 Å². The van der Waals surface area contributed by atoms with E-state index in [4.69, 9.17) is 9.47 Å². The first-order chi connectivity index (χ1) is 11.2. The summed E-state index contributed by atoms with van der Waals surface area (Å²) in [5.74, 6) is 7.54. The fourth-order valence-corrected chi connectivity index (χ4v) is 2.55. The van der Waals surface area contributed by atoms with Crippen LogP contribution in [0.1, 0.15) is 98.3 Å². The highest BCUT2D eigenvalue weighted by Crippen LogP contribution is 2.12. The summed E-state index contributed by atoms with van der Waals surface area (Å²) in [6, 6.07) is 0. The van der Waals surface area contributed by atoms with Gasteiger partial charge in [0.1, 0.15) is 0 Å². The zero-order valence-electron chi connectivity index (χ0n) is 16.2. The number of ether oxygens (including phenoxy) is 2. The minimum atomic E-state index is 0.000202. The molecule has 0 aliphatic heterocycles. The van der Waals surface area contributed by atoms with Crippen molar-refractivity contribution in [2.75, 3.05) is 13.2 Å². The van der Waals surface area contributed by atoms with Gasteiger partial charge in [0.05, 0.1) is 0 Å². The van der Waals surface area contributed by atoms with Crippen LogP contribution in [0, 0.1) is 17.8 Å². The normalized spacial score (nSPS) is 12.2. The van der Waals surface area contributed by atoms with Crippen molar-refractivity contribution in [1.82, 2.24) is 0 Å². The van der Waals surface area contributed by atoms with E-state index in [9.17, 15) is 0 Å². The van der Waals surface area contributed by atoms with Gasteiger partial charge in [0, 0.05) is 26.1 Å². The van der Waals surface area contributed by atoms with Crippen LogP contribution >= 0.6 is 0 Å². The monoisotopic (exact) mass is 324 g/mol. The standard InChI is InChI=1S/C21H40O2/c1-5-20(4)18-16-14-12-10-8-9-11-13-15-17-19-21(22-6-2)23-7-3/h20-21H,5-7,9,11-19H2,1-4H3/t20-/m1/s1. The average molecular weight is 325 g/mol. The third-order valence-corrected chi connectivity index (χ3v) is 4.27. The maximum atomic E-state index is 5.55. The number of hydrogen-bond acceptors (Lipinski definition) is 2. The fourth-order valence-electron chi connectivity index (χ4n) is 2.55. The van der Waals surface area contributed by atoms with E-state index in [0.29, 0.717) is 0 Å². The van der Waals surface area contributed by atoms with Crippen molar-refractivity contribution in [3.8, 4) is 11.8 Å². The van der Waals surface area contributed by atoms with Crippen LogP contribution in [-0.4, -0.2) is 19.5 Å². The quantitative estimate of drug-likeness (QED) is 0.199. The minimum absolute atomic E-state index is 0.000202. The third-order valence-electron chi connectivity index (χ3n) is 4.27. The zero-order chi connectivity index (χ0) is 17.2. The molecule has 0 aromatic carbocycles. The number of rotatable bonds is 15. The van der Waals surface area contributed by atoms with E-state index in [1.165, 1.54) is 51.4 Å². The number of hydrogen-bond donors (Lipinski definition) is 0. The van der Waals surface area contributed by atoms with E-state index in [2.05, 4.69) is 25.7 Å². The van der Waals surface area contributed by atoms with Crippen molar-refractivity contribution in [1.29, 1.82) is 0 Å². The molecule has 0 aliphatic carbocycles. The van der Waals surface area contributed by atoms with Gasteiger partial charge in [0.25, 0.3) is 0 Å². The Morgan fingerprint density at radius 3 is 1.78 bits per heavy atom. The Bertz CT molecular complexity index is 284. The summed E-state index contributed by atoms with van der Waals surface area (Å²) < 4.78 is 11.1. The molecule has 0 aromatic heterocycles. The molecule has 1 atom stereocenters. The molecular weight excluding hydrogens is 284 g/mol. The molecule has 0 N–H and O–H groups in total. The summed E-state index contributed by atoms with van der Waals surface area (Å²) >= 11 is 0. The van der Waals surface area contributed by atoms with Crippen LogP contribution < -0.4 is 0 Å².